The fourth-order valence-corrected chi connectivity index (χ4v) is 2.96. The predicted molar refractivity (Wildman–Crippen MR) is 103 cm³/mol. The first-order valence-corrected chi connectivity index (χ1v) is 9.24. The third-order valence-corrected chi connectivity index (χ3v) is 4.37. The van der Waals surface area contributed by atoms with Crippen LogP contribution < -0.4 is 10.2 Å². The van der Waals surface area contributed by atoms with E-state index in [0.717, 1.165) is 43.3 Å². The molecule has 0 bridgehead atoms. The van der Waals surface area contributed by atoms with Crippen LogP contribution in [0.3, 0.4) is 0 Å². The number of anilines is 2. The van der Waals surface area contributed by atoms with Gasteiger partial charge in [0, 0.05) is 45.6 Å². The number of aromatic nitrogens is 3. The quantitative estimate of drug-likeness (QED) is 0.711. The Hall–Kier alpha value is -2.03. The van der Waals surface area contributed by atoms with Crippen LogP contribution in [0, 0.1) is 0 Å². The summed E-state index contributed by atoms with van der Waals surface area (Å²) in [6.07, 6.45) is 1.44. The maximum Gasteiger partial charge on any atom is 0.180 e. The first-order chi connectivity index (χ1) is 12.7. The zero-order valence-corrected chi connectivity index (χ0v) is 15.8. The number of hydrogen-bond donors (Lipinski definition) is 1. The molecule has 8 nitrogen and oxygen atoms in total. The molecule has 1 aliphatic heterocycles. The van der Waals surface area contributed by atoms with Gasteiger partial charge in [0.05, 0.1) is 6.54 Å². The monoisotopic (exact) mass is 360 g/mol. The molecule has 1 aliphatic rings. The van der Waals surface area contributed by atoms with Gasteiger partial charge in [-0.05, 0) is 33.0 Å². The highest BCUT2D eigenvalue weighted by molar-refractivity contribution is 5.77. The second-order valence-corrected chi connectivity index (χ2v) is 6.25. The average molecular weight is 360 g/mol. The van der Waals surface area contributed by atoms with Crippen LogP contribution in [0.2, 0.25) is 0 Å². The summed E-state index contributed by atoms with van der Waals surface area (Å²) in [5, 5.41) is 3.38. The lowest BCUT2D eigenvalue weighted by Crippen LogP contribution is -2.45. The third kappa shape index (κ3) is 4.57. The summed E-state index contributed by atoms with van der Waals surface area (Å²) in [6, 6.07) is 3.80. The molecular formula is C18H28N6O2. The lowest BCUT2D eigenvalue weighted by Gasteiger charge is -2.34. The summed E-state index contributed by atoms with van der Waals surface area (Å²) < 4.78 is 11.3. The van der Waals surface area contributed by atoms with Gasteiger partial charge in [0.25, 0.3) is 0 Å². The number of nitrogens with zero attached hydrogens (tertiary/aromatic N) is 5. The van der Waals surface area contributed by atoms with Crippen LogP contribution in [-0.2, 0) is 9.47 Å². The van der Waals surface area contributed by atoms with E-state index < -0.39 is 0 Å². The van der Waals surface area contributed by atoms with E-state index in [1.807, 2.05) is 26.0 Å². The Balaban J connectivity index is 1.84. The van der Waals surface area contributed by atoms with Gasteiger partial charge in [-0.25, -0.2) is 15.0 Å². The van der Waals surface area contributed by atoms with E-state index in [-0.39, 0.29) is 6.29 Å². The molecule has 3 heterocycles. The maximum absolute atomic E-state index is 5.63. The molecule has 0 aliphatic carbocycles. The SMILES string of the molecule is CCOC(CNc1nc2cccnc2nc1N1CCN(C)CC1)OCC. The molecule has 0 spiro atoms. The molecule has 3 rings (SSSR count). The molecule has 1 N–H and O–H groups in total. The third-order valence-electron chi connectivity index (χ3n) is 4.37. The van der Waals surface area contributed by atoms with Gasteiger partial charge >= 0.3 is 0 Å². The van der Waals surface area contributed by atoms with Crippen LogP contribution in [0.5, 0.6) is 0 Å². The predicted octanol–water partition coefficient (Wildman–Crippen LogP) is 1.59. The van der Waals surface area contributed by atoms with Gasteiger partial charge < -0.3 is 24.6 Å². The fourth-order valence-electron chi connectivity index (χ4n) is 2.96. The summed E-state index contributed by atoms with van der Waals surface area (Å²) in [5.74, 6) is 1.59. The van der Waals surface area contributed by atoms with E-state index in [0.29, 0.717) is 25.4 Å². The van der Waals surface area contributed by atoms with Gasteiger partial charge in [-0.3, -0.25) is 0 Å². The number of ether oxygens (including phenoxy) is 2. The van der Waals surface area contributed by atoms with Crippen LogP contribution in [0.4, 0.5) is 11.6 Å². The Morgan fingerprint density at radius 2 is 1.85 bits per heavy atom. The first kappa shape index (κ1) is 18.8. The number of nitrogens with one attached hydrogen (secondary N) is 1. The van der Waals surface area contributed by atoms with Gasteiger partial charge in [0.2, 0.25) is 0 Å². The number of rotatable bonds is 8. The van der Waals surface area contributed by atoms with E-state index in [1.54, 1.807) is 6.20 Å². The topological polar surface area (TPSA) is 75.6 Å². The van der Waals surface area contributed by atoms with Crippen molar-refractivity contribution in [3.05, 3.63) is 18.3 Å². The first-order valence-electron chi connectivity index (χ1n) is 9.24. The van der Waals surface area contributed by atoms with E-state index >= 15 is 0 Å². The van der Waals surface area contributed by atoms with Gasteiger partial charge in [0.15, 0.2) is 23.6 Å². The number of likely N-dealkylation sites (N-methyl/N-ethyl adjacent to an activating group) is 1. The van der Waals surface area contributed by atoms with Crippen molar-refractivity contribution in [1.29, 1.82) is 0 Å². The molecular weight excluding hydrogens is 332 g/mol. The Morgan fingerprint density at radius 1 is 1.12 bits per heavy atom. The van der Waals surface area contributed by atoms with Crippen molar-refractivity contribution in [3.63, 3.8) is 0 Å². The smallest absolute Gasteiger partial charge is 0.180 e. The van der Waals surface area contributed by atoms with Crippen molar-refractivity contribution in [1.82, 2.24) is 19.9 Å². The van der Waals surface area contributed by atoms with Crippen LogP contribution >= 0.6 is 0 Å². The summed E-state index contributed by atoms with van der Waals surface area (Å²) in [6.45, 7) is 9.48. The van der Waals surface area contributed by atoms with Crippen LogP contribution in [0.25, 0.3) is 11.2 Å². The molecule has 0 saturated carbocycles. The molecule has 8 heteroatoms. The van der Waals surface area contributed by atoms with E-state index in [2.05, 4.69) is 27.1 Å². The zero-order chi connectivity index (χ0) is 18.4. The minimum atomic E-state index is -0.309. The van der Waals surface area contributed by atoms with Crippen LogP contribution in [-0.4, -0.2) is 79.1 Å². The minimum absolute atomic E-state index is 0.309. The van der Waals surface area contributed by atoms with Crippen LogP contribution in [0.1, 0.15) is 13.8 Å². The summed E-state index contributed by atoms with van der Waals surface area (Å²) in [5.41, 5.74) is 1.44. The molecule has 26 heavy (non-hydrogen) atoms. The highest BCUT2D eigenvalue weighted by Crippen LogP contribution is 2.25. The van der Waals surface area contributed by atoms with Gasteiger partial charge in [0.1, 0.15) is 5.52 Å². The Bertz CT molecular complexity index is 699. The second kappa shape index (κ2) is 9.07. The Morgan fingerprint density at radius 3 is 2.54 bits per heavy atom. The van der Waals surface area contributed by atoms with Crippen LogP contribution in [0.15, 0.2) is 18.3 Å². The minimum Gasteiger partial charge on any atom is -0.362 e. The highest BCUT2D eigenvalue weighted by Gasteiger charge is 2.21. The van der Waals surface area contributed by atoms with Gasteiger partial charge in [-0.15, -0.1) is 0 Å². The molecule has 0 radical (unpaired) electrons. The van der Waals surface area contributed by atoms with Gasteiger partial charge in [-0.2, -0.15) is 0 Å². The van der Waals surface area contributed by atoms with Crippen molar-refractivity contribution in [2.24, 2.45) is 0 Å². The molecule has 2 aromatic rings. The zero-order valence-electron chi connectivity index (χ0n) is 15.8. The standard InChI is InChI=1S/C18H28N6O2/c1-4-25-15(26-5-2)13-20-17-18(24-11-9-23(3)10-12-24)22-16-14(21-17)7-6-8-19-16/h6-8,15H,4-5,9-13H2,1-3H3,(H,20,21). The van der Waals surface area contributed by atoms with E-state index in [9.17, 15) is 0 Å². The molecule has 0 amide bonds. The maximum atomic E-state index is 5.63. The molecule has 2 aromatic heterocycles. The van der Waals surface area contributed by atoms with Crippen molar-refractivity contribution in [2.75, 3.05) is 63.2 Å². The molecule has 1 saturated heterocycles. The van der Waals surface area contributed by atoms with Crippen molar-refractivity contribution in [2.45, 2.75) is 20.1 Å². The fraction of sp³-hybridized carbons (Fsp3) is 0.611. The van der Waals surface area contributed by atoms with Gasteiger partial charge in [-0.1, -0.05) is 0 Å². The summed E-state index contributed by atoms with van der Waals surface area (Å²) in [4.78, 5) is 18.5. The molecule has 1 fully saturated rings. The Kier molecular flexibility index (Phi) is 6.54. The summed E-state index contributed by atoms with van der Waals surface area (Å²) >= 11 is 0. The molecule has 142 valence electrons. The Labute approximate surface area is 154 Å². The van der Waals surface area contributed by atoms with Crippen molar-refractivity contribution in [3.8, 4) is 0 Å². The number of pyridine rings is 1. The van der Waals surface area contributed by atoms with E-state index in [4.69, 9.17) is 19.4 Å². The highest BCUT2D eigenvalue weighted by atomic mass is 16.7. The van der Waals surface area contributed by atoms with Crippen molar-refractivity contribution < 1.29 is 9.47 Å². The normalized spacial score (nSPS) is 15.8. The number of hydrogen-bond acceptors (Lipinski definition) is 8. The average Bonchev–Trinajstić information content (AvgIpc) is 2.66. The summed E-state index contributed by atoms with van der Waals surface area (Å²) in [7, 11) is 2.14. The lowest BCUT2D eigenvalue weighted by atomic mass is 10.3. The van der Waals surface area contributed by atoms with Crippen molar-refractivity contribution >= 4 is 22.8 Å². The number of fused-ring (bicyclic) bond motifs is 1. The molecule has 0 aromatic carbocycles. The number of piperazine rings is 1. The molecule has 0 atom stereocenters. The van der Waals surface area contributed by atoms with E-state index in [1.165, 1.54) is 0 Å². The lowest BCUT2D eigenvalue weighted by molar-refractivity contribution is -0.126. The molecule has 0 unspecified atom stereocenters. The largest absolute Gasteiger partial charge is 0.362 e. The second-order valence-electron chi connectivity index (χ2n) is 6.25.